The average molecular weight is 250 g/mol. The smallest absolute Gasteiger partial charge is 0.0543 e. The van der Waals surface area contributed by atoms with Crippen LogP contribution in [0.25, 0.3) is 0 Å². The Balaban J connectivity index is 1.68. The van der Waals surface area contributed by atoms with Crippen molar-refractivity contribution >= 4 is 0 Å². The summed E-state index contributed by atoms with van der Waals surface area (Å²) in [6, 6.07) is 0.857. The Morgan fingerprint density at radius 2 is 2.17 bits per heavy atom. The van der Waals surface area contributed by atoms with E-state index in [1.807, 2.05) is 10.9 Å². The highest BCUT2D eigenvalue weighted by molar-refractivity contribution is 5.04. The lowest BCUT2D eigenvalue weighted by Gasteiger charge is -2.18. The van der Waals surface area contributed by atoms with Crippen LogP contribution in [0, 0.1) is 0 Å². The van der Waals surface area contributed by atoms with Gasteiger partial charge in [-0.2, -0.15) is 5.10 Å². The molecule has 1 heterocycles. The minimum absolute atomic E-state index is 0.0739. The first kappa shape index (κ1) is 13.6. The fourth-order valence-electron chi connectivity index (χ4n) is 2.00. The van der Waals surface area contributed by atoms with Crippen LogP contribution >= 0.6 is 0 Å². The van der Waals surface area contributed by atoms with Gasteiger partial charge < -0.3 is 10.2 Å². The predicted molar refractivity (Wildman–Crippen MR) is 74.6 cm³/mol. The van der Waals surface area contributed by atoms with E-state index < -0.39 is 0 Å². The molecular formula is C14H26N4. The van der Waals surface area contributed by atoms with E-state index in [0.29, 0.717) is 0 Å². The van der Waals surface area contributed by atoms with Gasteiger partial charge in [-0.05, 0) is 40.7 Å². The second-order valence-electron chi connectivity index (χ2n) is 6.35. The lowest BCUT2D eigenvalue weighted by molar-refractivity contribution is 0.321. The molecule has 0 radical (unpaired) electrons. The molecule has 0 aromatic carbocycles. The second kappa shape index (κ2) is 5.41. The summed E-state index contributed by atoms with van der Waals surface area (Å²) in [7, 11) is 2.22. The Bertz CT molecular complexity index is 373. The predicted octanol–water partition coefficient (Wildman–Crippen LogP) is 1.82. The van der Waals surface area contributed by atoms with Gasteiger partial charge in [0.15, 0.2) is 0 Å². The summed E-state index contributed by atoms with van der Waals surface area (Å²) in [5.41, 5.74) is 1.34. The molecule has 1 aromatic rings. The summed E-state index contributed by atoms with van der Waals surface area (Å²) in [5, 5.41) is 7.89. The van der Waals surface area contributed by atoms with Crippen LogP contribution in [-0.2, 0) is 12.1 Å². The van der Waals surface area contributed by atoms with E-state index in [1.54, 1.807) is 0 Å². The van der Waals surface area contributed by atoms with Crippen LogP contribution in [0.5, 0.6) is 0 Å². The minimum Gasteiger partial charge on any atom is -0.311 e. The van der Waals surface area contributed by atoms with Gasteiger partial charge >= 0.3 is 0 Å². The number of rotatable bonds is 6. The van der Waals surface area contributed by atoms with Gasteiger partial charge in [-0.15, -0.1) is 0 Å². The van der Waals surface area contributed by atoms with Crippen LogP contribution < -0.4 is 5.32 Å². The zero-order valence-corrected chi connectivity index (χ0v) is 12.1. The normalized spacial score (nSPS) is 16.5. The molecule has 102 valence electrons. The molecule has 0 bridgehead atoms. The van der Waals surface area contributed by atoms with Crippen LogP contribution in [-0.4, -0.2) is 40.9 Å². The van der Waals surface area contributed by atoms with Crippen molar-refractivity contribution in [2.45, 2.75) is 51.7 Å². The summed E-state index contributed by atoms with van der Waals surface area (Å²) in [6.07, 6.45) is 6.87. The summed E-state index contributed by atoms with van der Waals surface area (Å²) in [5.74, 6) is 0. The van der Waals surface area contributed by atoms with E-state index in [4.69, 9.17) is 0 Å². The molecule has 4 heteroatoms. The maximum atomic E-state index is 4.41. The maximum Gasteiger partial charge on any atom is 0.0543 e. The second-order valence-corrected chi connectivity index (χ2v) is 6.35. The van der Waals surface area contributed by atoms with Gasteiger partial charge in [0.25, 0.3) is 0 Å². The Kier molecular flexibility index (Phi) is 4.07. The van der Waals surface area contributed by atoms with E-state index in [1.165, 1.54) is 18.4 Å². The number of hydrogen-bond donors (Lipinski definition) is 1. The number of nitrogens with one attached hydrogen (secondary N) is 1. The van der Waals surface area contributed by atoms with Gasteiger partial charge in [-0.25, -0.2) is 0 Å². The molecule has 1 saturated carbocycles. The number of likely N-dealkylation sites (N-methyl/N-ethyl adjacent to an activating group) is 1. The number of aromatic nitrogens is 2. The zero-order chi connectivity index (χ0) is 13.2. The minimum atomic E-state index is 0.0739. The Morgan fingerprint density at radius 3 is 2.72 bits per heavy atom. The highest BCUT2D eigenvalue weighted by atomic mass is 15.3. The van der Waals surface area contributed by atoms with Gasteiger partial charge in [0, 0.05) is 37.4 Å². The Labute approximate surface area is 110 Å². The van der Waals surface area contributed by atoms with E-state index >= 15 is 0 Å². The molecule has 1 fully saturated rings. The summed E-state index contributed by atoms with van der Waals surface area (Å²) in [4.78, 5) is 2.45. The third kappa shape index (κ3) is 3.82. The van der Waals surface area contributed by atoms with Crippen LogP contribution in [0.4, 0.5) is 0 Å². The molecule has 1 aliphatic carbocycles. The summed E-state index contributed by atoms with van der Waals surface area (Å²) in [6.45, 7) is 9.60. The molecule has 0 spiro atoms. The van der Waals surface area contributed by atoms with Crippen LogP contribution in [0.3, 0.4) is 0 Å². The monoisotopic (exact) mass is 250 g/mol. The first-order chi connectivity index (χ1) is 8.47. The van der Waals surface area contributed by atoms with E-state index in [2.05, 4.69) is 49.3 Å². The molecule has 1 aromatic heterocycles. The fourth-order valence-corrected chi connectivity index (χ4v) is 2.00. The van der Waals surface area contributed by atoms with E-state index in [0.717, 1.165) is 25.7 Å². The number of hydrogen-bond acceptors (Lipinski definition) is 3. The molecule has 0 atom stereocenters. The third-order valence-electron chi connectivity index (χ3n) is 3.46. The number of nitrogens with zero attached hydrogens (tertiary/aromatic N) is 3. The molecule has 0 amide bonds. The molecule has 0 saturated heterocycles. The first-order valence-electron chi connectivity index (χ1n) is 6.92. The zero-order valence-electron chi connectivity index (χ0n) is 12.1. The molecule has 2 rings (SSSR count). The lowest BCUT2D eigenvalue weighted by Crippen LogP contribution is -2.30. The van der Waals surface area contributed by atoms with E-state index in [-0.39, 0.29) is 5.54 Å². The fraction of sp³-hybridized carbons (Fsp3) is 0.786. The Morgan fingerprint density at radius 1 is 1.44 bits per heavy atom. The molecule has 0 aliphatic heterocycles. The standard InChI is InChI=1S/C14H26N4/c1-14(2,3)18-11-12(10-16-18)9-15-7-8-17(4)13-5-6-13/h10-11,13,15H,5-9H2,1-4H3. The van der Waals surface area contributed by atoms with Gasteiger partial charge in [0.2, 0.25) is 0 Å². The average Bonchev–Trinajstić information content (AvgIpc) is 3.02. The topological polar surface area (TPSA) is 33.1 Å². The van der Waals surface area contributed by atoms with Crippen molar-refractivity contribution in [2.75, 3.05) is 20.1 Å². The molecule has 4 nitrogen and oxygen atoms in total. The molecule has 1 aliphatic rings. The summed E-state index contributed by atoms with van der Waals surface area (Å²) >= 11 is 0. The van der Waals surface area contributed by atoms with Crippen molar-refractivity contribution in [3.63, 3.8) is 0 Å². The van der Waals surface area contributed by atoms with Crippen LogP contribution in [0.15, 0.2) is 12.4 Å². The van der Waals surface area contributed by atoms with Gasteiger partial charge in [0.1, 0.15) is 0 Å². The quantitative estimate of drug-likeness (QED) is 0.782. The summed E-state index contributed by atoms with van der Waals surface area (Å²) < 4.78 is 2.03. The van der Waals surface area contributed by atoms with Crippen molar-refractivity contribution in [2.24, 2.45) is 0 Å². The third-order valence-corrected chi connectivity index (χ3v) is 3.46. The van der Waals surface area contributed by atoms with Crippen LogP contribution in [0.1, 0.15) is 39.2 Å². The highest BCUT2D eigenvalue weighted by Crippen LogP contribution is 2.24. The van der Waals surface area contributed by atoms with Crippen molar-refractivity contribution in [3.05, 3.63) is 18.0 Å². The van der Waals surface area contributed by atoms with Gasteiger partial charge in [-0.1, -0.05) is 0 Å². The molecule has 18 heavy (non-hydrogen) atoms. The van der Waals surface area contributed by atoms with Crippen molar-refractivity contribution in [1.29, 1.82) is 0 Å². The van der Waals surface area contributed by atoms with E-state index in [9.17, 15) is 0 Å². The first-order valence-corrected chi connectivity index (χ1v) is 6.92. The van der Waals surface area contributed by atoms with Crippen LogP contribution in [0.2, 0.25) is 0 Å². The van der Waals surface area contributed by atoms with Gasteiger partial charge in [0.05, 0.1) is 11.7 Å². The van der Waals surface area contributed by atoms with Gasteiger partial charge in [-0.3, -0.25) is 4.68 Å². The largest absolute Gasteiger partial charge is 0.311 e. The molecular weight excluding hydrogens is 224 g/mol. The van der Waals surface area contributed by atoms with Crippen molar-refractivity contribution in [1.82, 2.24) is 20.0 Å². The molecule has 1 N–H and O–H groups in total. The van der Waals surface area contributed by atoms with Crippen molar-refractivity contribution < 1.29 is 0 Å². The highest BCUT2D eigenvalue weighted by Gasteiger charge is 2.25. The van der Waals surface area contributed by atoms with Crippen molar-refractivity contribution in [3.8, 4) is 0 Å². The Hall–Kier alpha value is -0.870. The maximum absolute atomic E-state index is 4.41. The molecule has 0 unspecified atom stereocenters. The SMILES string of the molecule is CN(CCNCc1cnn(C(C)(C)C)c1)C1CC1. The lowest BCUT2D eigenvalue weighted by atomic mass is 10.1.